The van der Waals surface area contributed by atoms with Gasteiger partial charge in [0.25, 0.3) is 11.6 Å². The Kier molecular flexibility index (Phi) is 6.25. The number of carboxylic acid groups (broad SMARTS) is 1. The van der Waals surface area contributed by atoms with E-state index < -0.39 is 16.8 Å². The molecule has 11 heteroatoms. The standard InChI is InChI=1S/C20H17N3O7S/c1-22-18(24)17(31-20(22)21-13-6-4-5-11(7-13)19(25)26)9-12-8-15(29-2)16(30-3)10-14(12)23(27)28/h4-10H,1-3H3,(H,25,26)/b17-9-,21-20?. The Balaban J connectivity index is 2.01. The number of methoxy groups -OCH3 is 2. The number of hydrogen-bond donors (Lipinski definition) is 1. The van der Waals surface area contributed by atoms with Crippen LogP contribution in [0.15, 0.2) is 46.3 Å². The van der Waals surface area contributed by atoms with E-state index in [2.05, 4.69) is 4.99 Å². The van der Waals surface area contributed by atoms with Gasteiger partial charge in [-0.1, -0.05) is 6.07 Å². The topological polar surface area (TPSA) is 132 Å². The number of carbonyl (C=O) groups excluding carboxylic acids is 1. The number of hydrogen-bond acceptors (Lipinski definition) is 8. The van der Waals surface area contributed by atoms with Crippen LogP contribution in [-0.2, 0) is 4.79 Å². The van der Waals surface area contributed by atoms with E-state index in [0.717, 1.165) is 11.8 Å². The van der Waals surface area contributed by atoms with E-state index in [1.165, 1.54) is 56.5 Å². The first-order chi connectivity index (χ1) is 14.7. The molecule has 2 aromatic carbocycles. The number of aliphatic imine (C=N–C) groups is 1. The first-order valence-corrected chi connectivity index (χ1v) is 9.57. The quantitative estimate of drug-likeness (QED) is 0.407. The Morgan fingerprint density at radius 3 is 2.52 bits per heavy atom. The van der Waals surface area contributed by atoms with Crippen molar-refractivity contribution in [2.45, 2.75) is 0 Å². The van der Waals surface area contributed by atoms with Gasteiger partial charge in [0.05, 0.1) is 46.9 Å². The lowest BCUT2D eigenvalue weighted by atomic mass is 10.1. The lowest BCUT2D eigenvalue weighted by Crippen LogP contribution is -2.23. The number of thioether (sulfide) groups is 1. The number of likely N-dealkylation sites (N-methyl/N-ethyl adjacent to an activating group) is 1. The fourth-order valence-electron chi connectivity index (χ4n) is 2.77. The molecule has 1 saturated heterocycles. The van der Waals surface area contributed by atoms with Crippen LogP contribution in [0, 0.1) is 10.1 Å². The Morgan fingerprint density at radius 1 is 1.23 bits per heavy atom. The predicted molar refractivity (Wildman–Crippen MR) is 115 cm³/mol. The van der Waals surface area contributed by atoms with Gasteiger partial charge in [-0.05, 0) is 42.1 Å². The number of nitrogens with zero attached hydrogens (tertiary/aromatic N) is 3. The van der Waals surface area contributed by atoms with Crippen molar-refractivity contribution in [3.63, 3.8) is 0 Å². The maximum Gasteiger partial charge on any atom is 0.335 e. The Morgan fingerprint density at radius 2 is 1.90 bits per heavy atom. The van der Waals surface area contributed by atoms with E-state index in [1.807, 2.05) is 0 Å². The monoisotopic (exact) mass is 443 g/mol. The molecule has 0 radical (unpaired) electrons. The minimum Gasteiger partial charge on any atom is -0.493 e. The van der Waals surface area contributed by atoms with Crippen LogP contribution in [-0.4, -0.2) is 53.2 Å². The third kappa shape index (κ3) is 4.51. The SMILES string of the molecule is COc1cc(/C=C2\SC(=Nc3cccc(C(=O)O)c3)N(C)C2=O)c([N+](=O)[O-])cc1OC. The Bertz CT molecular complexity index is 1140. The Hall–Kier alpha value is -3.86. The second kappa shape index (κ2) is 8.88. The van der Waals surface area contributed by atoms with Gasteiger partial charge in [-0.25, -0.2) is 9.79 Å². The van der Waals surface area contributed by atoms with Crippen LogP contribution in [0.3, 0.4) is 0 Å². The first-order valence-electron chi connectivity index (χ1n) is 8.75. The number of carboxylic acids is 1. The van der Waals surface area contributed by atoms with Gasteiger partial charge in [0, 0.05) is 7.05 Å². The normalized spacial score (nSPS) is 16.1. The maximum atomic E-state index is 12.7. The zero-order chi connectivity index (χ0) is 22.7. The van der Waals surface area contributed by atoms with Gasteiger partial charge in [0.2, 0.25) is 0 Å². The summed E-state index contributed by atoms with van der Waals surface area (Å²) in [4.78, 5) is 40.6. The molecule has 0 aromatic heterocycles. The van der Waals surface area contributed by atoms with Gasteiger partial charge >= 0.3 is 5.97 Å². The lowest BCUT2D eigenvalue weighted by Gasteiger charge is -2.09. The molecule has 0 bridgehead atoms. The first kappa shape index (κ1) is 21.8. The van der Waals surface area contributed by atoms with Gasteiger partial charge in [-0.3, -0.25) is 19.8 Å². The van der Waals surface area contributed by atoms with E-state index >= 15 is 0 Å². The van der Waals surface area contributed by atoms with Gasteiger partial charge in [-0.15, -0.1) is 0 Å². The molecule has 0 unspecified atom stereocenters. The third-order valence-corrected chi connectivity index (χ3v) is 5.40. The molecule has 3 rings (SSSR count). The van der Waals surface area contributed by atoms with Crippen molar-refractivity contribution < 1.29 is 29.1 Å². The molecule has 1 fully saturated rings. The zero-order valence-electron chi connectivity index (χ0n) is 16.7. The molecule has 1 aliphatic rings. The summed E-state index contributed by atoms with van der Waals surface area (Å²) < 4.78 is 10.3. The van der Waals surface area contributed by atoms with Crippen LogP contribution in [0.4, 0.5) is 11.4 Å². The molecule has 1 amide bonds. The summed E-state index contributed by atoms with van der Waals surface area (Å²) in [6.07, 6.45) is 1.39. The molecule has 0 atom stereocenters. The highest BCUT2D eigenvalue weighted by atomic mass is 32.2. The lowest BCUT2D eigenvalue weighted by molar-refractivity contribution is -0.385. The molecule has 0 saturated carbocycles. The molecule has 10 nitrogen and oxygen atoms in total. The predicted octanol–water partition coefficient (Wildman–Crippen LogP) is 3.54. The van der Waals surface area contributed by atoms with E-state index in [0.29, 0.717) is 10.9 Å². The minimum absolute atomic E-state index is 0.0653. The Labute approximate surface area is 180 Å². The number of carbonyl (C=O) groups is 2. The summed E-state index contributed by atoms with van der Waals surface area (Å²) in [5, 5.41) is 20.9. The molecule has 2 aromatic rings. The van der Waals surface area contributed by atoms with Gasteiger partial charge in [0.15, 0.2) is 16.7 Å². The van der Waals surface area contributed by atoms with E-state index in [4.69, 9.17) is 14.6 Å². The van der Waals surface area contributed by atoms with Crippen molar-refractivity contribution in [2.75, 3.05) is 21.3 Å². The maximum absolute atomic E-state index is 12.7. The average molecular weight is 443 g/mol. The zero-order valence-corrected chi connectivity index (χ0v) is 17.5. The number of nitro benzene ring substituents is 1. The largest absolute Gasteiger partial charge is 0.493 e. The highest BCUT2D eigenvalue weighted by Gasteiger charge is 2.31. The molecule has 160 valence electrons. The fourth-order valence-corrected chi connectivity index (χ4v) is 3.75. The number of rotatable bonds is 6. The molecule has 31 heavy (non-hydrogen) atoms. The smallest absolute Gasteiger partial charge is 0.335 e. The summed E-state index contributed by atoms with van der Waals surface area (Å²) in [7, 11) is 4.28. The molecule has 1 heterocycles. The van der Waals surface area contributed by atoms with Crippen LogP contribution in [0.25, 0.3) is 6.08 Å². The highest BCUT2D eigenvalue weighted by Crippen LogP contribution is 2.39. The van der Waals surface area contributed by atoms with Crippen LogP contribution in [0.2, 0.25) is 0 Å². The summed E-state index contributed by atoms with van der Waals surface area (Å²) >= 11 is 1.02. The molecule has 0 spiro atoms. The van der Waals surface area contributed by atoms with Gasteiger partial charge in [0.1, 0.15) is 0 Å². The molecule has 1 aliphatic heterocycles. The fraction of sp³-hybridized carbons (Fsp3) is 0.150. The second-order valence-electron chi connectivity index (χ2n) is 6.25. The number of nitro groups is 1. The van der Waals surface area contributed by atoms with Crippen LogP contribution >= 0.6 is 11.8 Å². The summed E-state index contributed by atoms with van der Waals surface area (Å²) in [6.45, 7) is 0. The van der Waals surface area contributed by atoms with E-state index in [9.17, 15) is 19.7 Å². The summed E-state index contributed by atoms with van der Waals surface area (Å²) in [6, 6.07) is 8.63. The third-order valence-electron chi connectivity index (χ3n) is 4.34. The molecule has 1 N–H and O–H groups in total. The number of aromatic carboxylic acids is 1. The van der Waals surface area contributed by atoms with Crippen molar-refractivity contribution in [3.8, 4) is 11.5 Å². The van der Waals surface area contributed by atoms with Crippen LogP contribution < -0.4 is 9.47 Å². The van der Waals surface area contributed by atoms with Crippen molar-refractivity contribution in [1.82, 2.24) is 4.90 Å². The van der Waals surface area contributed by atoms with Crippen molar-refractivity contribution in [2.24, 2.45) is 4.99 Å². The van der Waals surface area contributed by atoms with E-state index in [1.54, 1.807) is 12.1 Å². The number of amidine groups is 1. The van der Waals surface area contributed by atoms with Crippen LogP contribution in [0.5, 0.6) is 11.5 Å². The highest BCUT2D eigenvalue weighted by molar-refractivity contribution is 8.18. The molecule has 0 aliphatic carbocycles. The van der Waals surface area contributed by atoms with Gasteiger partial charge in [-0.2, -0.15) is 0 Å². The molecular formula is C20H17N3O7S. The second-order valence-corrected chi connectivity index (χ2v) is 7.26. The number of ether oxygens (including phenoxy) is 2. The van der Waals surface area contributed by atoms with Crippen molar-refractivity contribution in [1.29, 1.82) is 0 Å². The molecular weight excluding hydrogens is 426 g/mol. The van der Waals surface area contributed by atoms with Crippen LogP contribution in [0.1, 0.15) is 15.9 Å². The van der Waals surface area contributed by atoms with Crippen molar-refractivity contribution >= 4 is 46.3 Å². The summed E-state index contributed by atoms with van der Waals surface area (Å²) in [5.74, 6) is -1.02. The van der Waals surface area contributed by atoms with E-state index in [-0.39, 0.29) is 33.2 Å². The van der Waals surface area contributed by atoms with Crippen molar-refractivity contribution in [3.05, 3.63) is 62.5 Å². The van der Waals surface area contributed by atoms with Gasteiger partial charge < -0.3 is 14.6 Å². The number of benzene rings is 2. The number of amides is 1. The average Bonchev–Trinajstić information content (AvgIpc) is 3.01. The minimum atomic E-state index is -1.09. The summed E-state index contributed by atoms with van der Waals surface area (Å²) in [5.41, 5.74) is 0.345.